The molecular weight excluding hydrogens is 449 g/mol. The van der Waals surface area contributed by atoms with Crippen molar-refractivity contribution in [1.29, 1.82) is 0 Å². The van der Waals surface area contributed by atoms with Crippen LogP contribution >= 0.6 is 11.6 Å². The molecule has 172 valence electrons. The monoisotopic (exact) mass is 470 g/mol. The molecule has 3 rings (SSSR count). The molecule has 11 heteroatoms. The van der Waals surface area contributed by atoms with Crippen LogP contribution in [0.1, 0.15) is 0 Å². The molecule has 0 spiro atoms. The number of hydrogen-bond donors (Lipinski definition) is 2. The number of nitrogens with zero attached hydrogens (tertiary/aromatic N) is 2. The zero-order valence-electron chi connectivity index (χ0n) is 17.0. The van der Waals surface area contributed by atoms with Gasteiger partial charge >= 0.3 is 6.36 Å². The van der Waals surface area contributed by atoms with Crippen molar-refractivity contribution in [3.05, 3.63) is 53.6 Å². The first-order valence-electron chi connectivity index (χ1n) is 9.82. The molecule has 0 saturated carbocycles. The Balaban J connectivity index is 1.38. The van der Waals surface area contributed by atoms with Crippen LogP contribution in [0.4, 0.5) is 24.5 Å². The number of piperazine rings is 1. The van der Waals surface area contributed by atoms with E-state index in [1.54, 1.807) is 24.3 Å². The molecule has 0 aromatic heterocycles. The Bertz CT molecular complexity index is 933. The Morgan fingerprint density at radius 3 is 1.91 bits per heavy atom. The molecule has 0 radical (unpaired) electrons. The third kappa shape index (κ3) is 8.03. The van der Waals surface area contributed by atoms with Gasteiger partial charge in [-0.05, 0) is 42.5 Å². The number of alkyl halides is 3. The summed E-state index contributed by atoms with van der Waals surface area (Å²) in [5, 5.41) is 5.99. The molecule has 2 aromatic carbocycles. The summed E-state index contributed by atoms with van der Waals surface area (Å²) in [6.07, 6.45) is -4.76. The fourth-order valence-corrected chi connectivity index (χ4v) is 3.41. The second-order valence-electron chi connectivity index (χ2n) is 7.23. The minimum Gasteiger partial charge on any atom is -0.406 e. The van der Waals surface area contributed by atoms with Crippen LogP contribution in [0.25, 0.3) is 0 Å². The second-order valence-corrected chi connectivity index (χ2v) is 7.67. The molecule has 32 heavy (non-hydrogen) atoms. The molecule has 1 fully saturated rings. The van der Waals surface area contributed by atoms with Gasteiger partial charge < -0.3 is 15.4 Å². The fourth-order valence-electron chi connectivity index (χ4n) is 3.22. The molecule has 7 nitrogen and oxygen atoms in total. The topological polar surface area (TPSA) is 73.9 Å². The highest BCUT2D eigenvalue weighted by Gasteiger charge is 2.31. The number of carbonyl (C=O) groups is 2. The van der Waals surface area contributed by atoms with Crippen LogP contribution in [0.15, 0.2) is 48.5 Å². The first-order chi connectivity index (χ1) is 15.2. The summed E-state index contributed by atoms with van der Waals surface area (Å²) >= 11 is 5.91. The molecule has 2 amide bonds. The SMILES string of the molecule is O=C(CN1CCN(CC(=O)Nc2cccc(Cl)c2)CC1)Nc1ccc(OC(F)(F)F)cc1. The van der Waals surface area contributed by atoms with E-state index >= 15 is 0 Å². The van der Waals surface area contributed by atoms with Gasteiger partial charge in [-0.15, -0.1) is 13.2 Å². The Hall–Kier alpha value is -2.82. The number of anilines is 2. The largest absolute Gasteiger partial charge is 0.573 e. The lowest BCUT2D eigenvalue weighted by molar-refractivity contribution is -0.274. The van der Waals surface area contributed by atoms with Crippen molar-refractivity contribution in [2.75, 3.05) is 49.9 Å². The summed E-state index contributed by atoms with van der Waals surface area (Å²) in [6.45, 7) is 2.84. The minimum absolute atomic E-state index is 0.142. The van der Waals surface area contributed by atoms with Gasteiger partial charge in [0.1, 0.15) is 5.75 Å². The number of halogens is 4. The number of rotatable bonds is 7. The van der Waals surface area contributed by atoms with Crippen LogP contribution in [-0.2, 0) is 9.59 Å². The average molecular weight is 471 g/mol. The summed E-state index contributed by atoms with van der Waals surface area (Å²) < 4.78 is 40.4. The normalized spacial score (nSPS) is 15.2. The van der Waals surface area contributed by atoms with E-state index in [1.807, 2.05) is 9.80 Å². The molecule has 1 aliphatic heterocycles. The molecule has 0 aliphatic carbocycles. The van der Waals surface area contributed by atoms with Crippen LogP contribution in [-0.4, -0.2) is 67.2 Å². The van der Waals surface area contributed by atoms with Gasteiger partial charge in [-0.2, -0.15) is 0 Å². The van der Waals surface area contributed by atoms with Crippen molar-refractivity contribution >= 4 is 34.8 Å². The van der Waals surface area contributed by atoms with Crippen molar-refractivity contribution in [3.63, 3.8) is 0 Å². The van der Waals surface area contributed by atoms with Crippen molar-refractivity contribution < 1.29 is 27.5 Å². The number of nitrogens with one attached hydrogen (secondary N) is 2. The van der Waals surface area contributed by atoms with Crippen LogP contribution < -0.4 is 15.4 Å². The van der Waals surface area contributed by atoms with E-state index in [0.717, 1.165) is 12.1 Å². The summed E-state index contributed by atoms with van der Waals surface area (Å²) in [6, 6.07) is 11.9. The Morgan fingerprint density at radius 2 is 1.41 bits per heavy atom. The van der Waals surface area contributed by atoms with Crippen molar-refractivity contribution in [1.82, 2.24) is 9.80 Å². The van der Waals surface area contributed by atoms with Gasteiger partial charge in [0.15, 0.2) is 0 Å². The third-order valence-electron chi connectivity index (χ3n) is 4.68. The van der Waals surface area contributed by atoms with E-state index < -0.39 is 6.36 Å². The van der Waals surface area contributed by atoms with E-state index in [9.17, 15) is 22.8 Å². The molecule has 2 aromatic rings. The molecule has 1 aliphatic rings. The van der Waals surface area contributed by atoms with Crippen LogP contribution in [0.2, 0.25) is 5.02 Å². The maximum atomic E-state index is 12.2. The fraction of sp³-hybridized carbons (Fsp3) is 0.333. The van der Waals surface area contributed by atoms with Crippen LogP contribution in [0.3, 0.4) is 0 Å². The number of benzene rings is 2. The highest BCUT2D eigenvalue weighted by Crippen LogP contribution is 2.24. The van der Waals surface area contributed by atoms with Gasteiger partial charge in [-0.1, -0.05) is 17.7 Å². The van der Waals surface area contributed by atoms with Crippen LogP contribution in [0, 0.1) is 0 Å². The summed E-state index contributed by atoms with van der Waals surface area (Å²) in [4.78, 5) is 28.4. The zero-order valence-corrected chi connectivity index (χ0v) is 17.7. The van der Waals surface area contributed by atoms with E-state index in [1.165, 1.54) is 12.1 Å². The van der Waals surface area contributed by atoms with E-state index in [2.05, 4.69) is 15.4 Å². The lowest BCUT2D eigenvalue weighted by Crippen LogP contribution is -2.50. The quantitative estimate of drug-likeness (QED) is 0.648. The predicted octanol–water partition coefficient (Wildman–Crippen LogP) is 3.43. The highest BCUT2D eigenvalue weighted by molar-refractivity contribution is 6.30. The maximum absolute atomic E-state index is 12.2. The first kappa shape index (κ1) is 23.8. The number of amides is 2. The van der Waals surface area contributed by atoms with E-state index in [0.29, 0.717) is 42.6 Å². The zero-order chi connectivity index (χ0) is 23.1. The number of carbonyl (C=O) groups excluding carboxylic acids is 2. The molecule has 0 unspecified atom stereocenters. The molecule has 2 N–H and O–H groups in total. The van der Waals surface area contributed by atoms with Crippen LogP contribution in [0.5, 0.6) is 5.75 Å². The van der Waals surface area contributed by atoms with Gasteiger partial charge in [0.25, 0.3) is 0 Å². The Labute approximate surface area is 188 Å². The third-order valence-corrected chi connectivity index (χ3v) is 4.91. The smallest absolute Gasteiger partial charge is 0.406 e. The highest BCUT2D eigenvalue weighted by atomic mass is 35.5. The van der Waals surface area contributed by atoms with E-state index in [4.69, 9.17) is 11.6 Å². The van der Waals surface area contributed by atoms with Crippen molar-refractivity contribution in [3.8, 4) is 5.75 Å². The summed E-state index contributed by atoms with van der Waals surface area (Å²) in [7, 11) is 0. The Morgan fingerprint density at radius 1 is 0.875 bits per heavy atom. The molecule has 1 heterocycles. The molecule has 0 atom stereocenters. The minimum atomic E-state index is -4.76. The lowest BCUT2D eigenvalue weighted by Gasteiger charge is -2.33. The van der Waals surface area contributed by atoms with Gasteiger partial charge in [-0.3, -0.25) is 19.4 Å². The predicted molar refractivity (Wildman–Crippen MR) is 115 cm³/mol. The standard InChI is InChI=1S/C21H22ClF3N4O3/c22-15-2-1-3-17(12-15)27-20(31)14-29-10-8-28(9-11-29)13-19(30)26-16-4-6-18(7-5-16)32-21(23,24)25/h1-7,12H,8-11,13-14H2,(H,26,30)(H,27,31). The molecule has 1 saturated heterocycles. The number of ether oxygens (including phenoxy) is 1. The average Bonchev–Trinajstić information content (AvgIpc) is 2.70. The van der Waals surface area contributed by atoms with Crippen molar-refractivity contribution in [2.45, 2.75) is 6.36 Å². The second kappa shape index (κ2) is 10.7. The Kier molecular flexibility index (Phi) is 7.94. The lowest BCUT2D eigenvalue weighted by atomic mass is 10.2. The number of hydrogen-bond acceptors (Lipinski definition) is 5. The maximum Gasteiger partial charge on any atom is 0.573 e. The van der Waals surface area contributed by atoms with Gasteiger partial charge in [0.05, 0.1) is 13.1 Å². The van der Waals surface area contributed by atoms with Gasteiger partial charge in [0, 0.05) is 42.6 Å². The molecular formula is C21H22ClF3N4O3. The molecule has 0 bridgehead atoms. The first-order valence-corrected chi connectivity index (χ1v) is 10.2. The van der Waals surface area contributed by atoms with Gasteiger partial charge in [0.2, 0.25) is 11.8 Å². The summed E-state index contributed by atoms with van der Waals surface area (Å²) in [5.41, 5.74) is 1.01. The van der Waals surface area contributed by atoms with Crippen molar-refractivity contribution in [2.24, 2.45) is 0 Å². The van der Waals surface area contributed by atoms with E-state index in [-0.39, 0.29) is 30.7 Å². The summed E-state index contributed by atoms with van der Waals surface area (Å²) in [5.74, 6) is -0.774. The van der Waals surface area contributed by atoms with Gasteiger partial charge in [-0.25, -0.2) is 0 Å².